The van der Waals surface area contributed by atoms with E-state index in [1.807, 2.05) is 0 Å². The maximum atomic E-state index is 3.31. The van der Waals surface area contributed by atoms with Gasteiger partial charge in [-0.25, -0.2) is 0 Å². The molecule has 0 fully saturated rings. The molecule has 100 valence electrons. The topological polar surface area (TPSA) is 15.3 Å². The van der Waals surface area contributed by atoms with Gasteiger partial charge in [-0.15, -0.1) is 0 Å². The molecule has 0 bridgehead atoms. The number of nitrogens with zero attached hydrogens (tertiary/aromatic N) is 1. The van der Waals surface area contributed by atoms with Crippen LogP contribution < -0.4 is 5.32 Å². The quantitative estimate of drug-likeness (QED) is 0.844. The van der Waals surface area contributed by atoms with Gasteiger partial charge in [-0.05, 0) is 37.2 Å². The third-order valence-electron chi connectivity index (χ3n) is 3.08. The summed E-state index contributed by atoms with van der Waals surface area (Å²) in [6.45, 7) is 5.03. The van der Waals surface area contributed by atoms with Crippen molar-refractivity contribution in [2.24, 2.45) is 0 Å². The molecule has 0 aliphatic heterocycles. The lowest BCUT2D eigenvalue weighted by molar-refractivity contribution is 0.319. The van der Waals surface area contributed by atoms with Gasteiger partial charge >= 0.3 is 0 Å². The first-order chi connectivity index (χ1) is 9.28. The predicted molar refractivity (Wildman–Crippen MR) is 82.2 cm³/mol. The number of hydrogen-bond acceptors (Lipinski definition) is 2. The molecule has 0 saturated heterocycles. The summed E-state index contributed by atoms with van der Waals surface area (Å²) < 4.78 is 0. The third-order valence-corrected chi connectivity index (χ3v) is 3.08. The Morgan fingerprint density at radius 3 is 2.00 bits per heavy atom. The molecular weight excluding hydrogens is 232 g/mol. The van der Waals surface area contributed by atoms with Crippen LogP contribution in [0.5, 0.6) is 0 Å². The van der Waals surface area contributed by atoms with Gasteiger partial charge in [-0.2, -0.15) is 0 Å². The van der Waals surface area contributed by atoms with Crippen LogP contribution in [0.3, 0.4) is 0 Å². The zero-order valence-electron chi connectivity index (χ0n) is 11.8. The van der Waals surface area contributed by atoms with Crippen LogP contribution in [0, 0.1) is 0 Å². The first-order valence-electron chi connectivity index (χ1n) is 6.83. The Morgan fingerprint density at radius 2 is 1.42 bits per heavy atom. The first kappa shape index (κ1) is 13.6. The lowest BCUT2D eigenvalue weighted by atomic mass is 10.1. The summed E-state index contributed by atoms with van der Waals surface area (Å²) in [6.07, 6.45) is 0. The van der Waals surface area contributed by atoms with Crippen LogP contribution in [0.25, 0.3) is 0 Å². The summed E-state index contributed by atoms with van der Waals surface area (Å²) in [7, 11) is 2.16. The predicted octanol–water partition coefficient (Wildman–Crippen LogP) is 3.75. The van der Waals surface area contributed by atoms with Gasteiger partial charge in [0.15, 0.2) is 0 Å². The van der Waals surface area contributed by atoms with Crippen molar-refractivity contribution in [1.82, 2.24) is 4.90 Å². The van der Waals surface area contributed by atoms with Crippen LogP contribution in [0.1, 0.15) is 18.1 Å². The second-order valence-corrected chi connectivity index (χ2v) is 4.89. The minimum atomic E-state index is 0.966. The molecule has 0 saturated carbocycles. The van der Waals surface area contributed by atoms with Crippen LogP contribution in [0.2, 0.25) is 0 Å². The van der Waals surface area contributed by atoms with Crippen molar-refractivity contribution in [1.29, 1.82) is 0 Å². The second kappa shape index (κ2) is 6.95. The van der Waals surface area contributed by atoms with Gasteiger partial charge in [0.2, 0.25) is 0 Å². The fourth-order valence-corrected chi connectivity index (χ4v) is 2.19. The highest BCUT2D eigenvalue weighted by Crippen LogP contribution is 2.12. The van der Waals surface area contributed by atoms with Gasteiger partial charge in [-0.3, -0.25) is 4.90 Å². The summed E-state index contributed by atoms with van der Waals surface area (Å²) >= 11 is 0. The number of anilines is 1. The van der Waals surface area contributed by atoms with Crippen molar-refractivity contribution in [3.63, 3.8) is 0 Å². The Morgan fingerprint density at radius 1 is 0.842 bits per heavy atom. The van der Waals surface area contributed by atoms with Gasteiger partial charge < -0.3 is 5.32 Å². The van der Waals surface area contributed by atoms with E-state index in [1.165, 1.54) is 16.8 Å². The fourth-order valence-electron chi connectivity index (χ4n) is 2.19. The van der Waals surface area contributed by atoms with E-state index in [1.54, 1.807) is 0 Å². The van der Waals surface area contributed by atoms with E-state index in [4.69, 9.17) is 0 Å². The molecule has 0 heterocycles. The molecule has 1 N–H and O–H groups in total. The van der Waals surface area contributed by atoms with Crippen LogP contribution in [-0.4, -0.2) is 18.5 Å². The van der Waals surface area contributed by atoms with E-state index >= 15 is 0 Å². The van der Waals surface area contributed by atoms with Gasteiger partial charge in [0.25, 0.3) is 0 Å². The van der Waals surface area contributed by atoms with E-state index in [0.29, 0.717) is 0 Å². The average molecular weight is 254 g/mol. The van der Waals surface area contributed by atoms with E-state index < -0.39 is 0 Å². The molecule has 2 heteroatoms. The van der Waals surface area contributed by atoms with Crippen molar-refractivity contribution in [2.45, 2.75) is 20.0 Å². The van der Waals surface area contributed by atoms with Crippen molar-refractivity contribution in [3.05, 3.63) is 65.7 Å². The highest BCUT2D eigenvalue weighted by atomic mass is 15.1. The Balaban J connectivity index is 1.89. The molecule has 19 heavy (non-hydrogen) atoms. The van der Waals surface area contributed by atoms with Crippen molar-refractivity contribution >= 4 is 5.69 Å². The summed E-state index contributed by atoms with van der Waals surface area (Å²) in [5, 5.41) is 3.31. The van der Waals surface area contributed by atoms with Crippen LogP contribution in [0.15, 0.2) is 54.6 Å². The maximum absolute atomic E-state index is 3.31. The van der Waals surface area contributed by atoms with Gasteiger partial charge in [0.05, 0.1) is 0 Å². The van der Waals surface area contributed by atoms with Crippen molar-refractivity contribution < 1.29 is 0 Å². The van der Waals surface area contributed by atoms with Crippen molar-refractivity contribution in [3.8, 4) is 0 Å². The molecule has 0 aliphatic rings. The molecule has 2 aromatic carbocycles. The van der Waals surface area contributed by atoms with Crippen LogP contribution >= 0.6 is 0 Å². The molecule has 2 rings (SSSR count). The highest BCUT2D eigenvalue weighted by Gasteiger charge is 2.01. The lowest BCUT2D eigenvalue weighted by Crippen LogP contribution is -2.17. The zero-order chi connectivity index (χ0) is 13.5. The van der Waals surface area contributed by atoms with E-state index in [9.17, 15) is 0 Å². The smallest absolute Gasteiger partial charge is 0.0340 e. The first-order valence-corrected chi connectivity index (χ1v) is 6.83. The number of benzene rings is 2. The summed E-state index contributed by atoms with van der Waals surface area (Å²) in [5.41, 5.74) is 3.89. The number of hydrogen-bond donors (Lipinski definition) is 1. The van der Waals surface area contributed by atoms with Crippen LogP contribution in [-0.2, 0) is 13.1 Å². The average Bonchev–Trinajstić information content (AvgIpc) is 2.42. The summed E-state index contributed by atoms with van der Waals surface area (Å²) in [6, 6.07) is 19.3. The Bertz CT molecular complexity index is 476. The lowest BCUT2D eigenvalue weighted by Gasteiger charge is -2.17. The summed E-state index contributed by atoms with van der Waals surface area (Å²) in [4.78, 5) is 2.33. The SMILES string of the molecule is CCNc1ccc(CN(C)Cc2ccccc2)cc1. The molecule has 0 radical (unpaired) electrons. The molecule has 0 amide bonds. The number of rotatable bonds is 6. The van der Waals surface area contributed by atoms with E-state index in [2.05, 4.69) is 78.8 Å². The van der Waals surface area contributed by atoms with Gasteiger partial charge in [0.1, 0.15) is 0 Å². The molecule has 0 atom stereocenters. The van der Waals surface area contributed by atoms with E-state index in [0.717, 1.165) is 19.6 Å². The fraction of sp³-hybridized carbons (Fsp3) is 0.294. The summed E-state index contributed by atoms with van der Waals surface area (Å²) in [5.74, 6) is 0. The van der Waals surface area contributed by atoms with Crippen molar-refractivity contribution in [2.75, 3.05) is 18.9 Å². The standard InChI is InChI=1S/C17H22N2/c1-3-18-17-11-9-16(10-12-17)14-19(2)13-15-7-5-4-6-8-15/h4-12,18H,3,13-14H2,1-2H3. The molecular formula is C17H22N2. The maximum Gasteiger partial charge on any atom is 0.0340 e. The zero-order valence-corrected chi connectivity index (χ0v) is 11.8. The normalized spacial score (nSPS) is 10.7. The molecule has 2 nitrogen and oxygen atoms in total. The molecule has 0 aromatic heterocycles. The Hall–Kier alpha value is -1.80. The van der Waals surface area contributed by atoms with Gasteiger partial charge in [0, 0.05) is 25.3 Å². The number of nitrogens with one attached hydrogen (secondary N) is 1. The molecule has 0 unspecified atom stereocenters. The van der Waals surface area contributed by atoms with Gasteiger partial charge in [-0.1, -0.05) is 42.5 Å². The third kappa shape index (κ3) is 4.42. The molecule has 2 aromatic rings. The van der Waals surface area contributed by atoms with E-state index in [-0.39, 0.29) is 0 Å². The molecule has 0 spiro atoms. The minimum Gasteiger partial charge on any atom is -0.385 e. The minimum absolute atomic E-state index is 0.966. The molecule has 0 aliphatic carbocycles. The Labute approximate surface area is 116 Å². The van der Waals surface area contributed by atoms with Crippen LogP contribution in [0.4, 0.5) is 5.69 Å². The monoisotopic (exact) mass is 254 g/mol. The highest BCUT2D eigenvalue weighted by molar-refractivity contribution is 5.44. The largest absolute Gasteiger partial charge is 0.385 e. The second-order valence-electron chi connectivity index (χ2n) is 4.89. The Kier molecular flexibility index (Phi) is 4.99.